The number of carbonyl (C=O) groups is 1. The summed E-state index contributed by atoms with van der Waals surface area (Å²) in [5, 5.41) is 15.0. The zero-order chi connectivity index (χ0) is 12.7. The smallest absolute Gasteiger partial charge is 0.228 e. The quantitative estimate of drug-likeness (QED) is 0.699. The summed E-state index contributed by atoms with van der Waals surface area (Å²) in [6.45, 7) is 5.40. The van der Waals surface area contributed by atoms with Crippen LogP contribution in [0.2, 0.25) is 0 Å². The molecule has 1 amide bonds. The van der Waals surface area contributed by atoms with Crippen molar-refractivity contribution in [2.24, 2.45) is 5.92 Å². The molecular formula is C13H20N2O2. The highest BCUT2D eigenvalue weighted by Gasteiger charge is 2.12. The van der Waals surface area contributed by atoms with E-state index in [1.807, 2.05) is 32.0 Å². The van der Waals surface area contributed by atoms with Crippen molar-refractivity contribution in [2.45, 2.75) is 20.5 Å². The Bertz CT molecular complexity index is 366. The van der Waals surface area contributed by atoms with E-state index in [1.165, 1.54) is 0 Å². The van der Waals surface area contributed by atoms with Crippen LogP contribution < -0.4 is 10.6 Å². The predicted molar refractivity (Wildman–Crippen MR) is 68.7 cm³/mol. The third-order valence-corrected chi connectivity index (χ3v) is 2.53. The number of hydrogen-bond donors (Lipinski definition) is 3. The van der Waals surface area contributed by atoms with Crippen LogP contribution in [-0.2, 0) is 11.4 Å². The molecule has 1 unspecified atom stereocenters. The summed E-state index contributed by atoms with van der Waals surface area (Å²) in [4.78, 5) is 11.8. The predicted octanol–water partition coefficient (Wildman–Crippen LogP) is 1.36. The molecule has 1 aromatic rings. The third kappa shape index (κ3) is 4.54. The minimum Gasteiger partial charge on any atom is -0.392 e. The van der Waals surface area contributed by atoms with Crippen LogP contribution in [0, 0.1) is 5.92 Å². The molecule has 0 heterocycles. The molecular weight excluding hydrogens is 216 g/mol. The molecule has 0 spiro atoms. The topological polar surface area (TPSA) is 61.4 Å². The van der Waals surface area contributed by atoms with Crippen molar-refractivity contribution < 1.29 is 9.90 Å². The number of anilines is 1. The first-order valence-corrected chi connectivity index (χ1v) is 5.88. The highest BCUT2D eigenvalue weighted by atomic mass is 16.3. The fourth-order valence-corrected chi connectivity index (χ4v) is 1.47. The maximum absolute atomic E-state index is 11.8. The Balaban J connectivity index is 2.54. The van der Waals surface area contributed by atoms with Gasteiger partial charge in [0.2, 0.25) is 5.91 Å². The number of benzene rings is 1. The molecule has 0 saturated carbocycles. The molecule has 1 atom stereocenters. The average molecular weight is 236 g/mol. The summed E-state index contributed by atoms with van der Waals surface area (Å²) in [7, 11) is 0. The minimum absolute atomic E-state index is 0.0129. The summed E-state index contributed by atoms with van der Waals surface area (Å²) in [5.41, 5.74) is 1.52. The SMILES string of the molecule is CCNCC(C)C(=O)Nc1cccc(CO)c1. The molecule has 3 N–H and O–H groups in total. The molecule has 0 aliphatic rings. The van der Waals surface area contributed by atoms with Crippen molar-refractivity contribution in [3.63, 3.8) is 0 Å². The van der Waals surface area contributed by atoms with E-state index in [-0.39, 0.29) is 18.4 Å². The lowest BCUT2D eigenvalue weighted by Crippen LogP contribution is -2.30. The first-order chi connectivity index (χ1) is 8.17. The zero-order valence-electron chi connectivity index (χ0n) is 10.4. The third-order valence-electron chi connectivity index (χ3n) is 2.53. The Morgan fingerprint density at radius 1 is 1.47 bits per heavy atom. The molecule has 94 valence electrons. The van der Waals surface area contributed by atoms with Crippen molar-refractivity contribution >= 4 is 11.6 Å². The maximum Gasteiger partial charge on any atom is 0.228 e. The van der Waals surface area contributed by atoms with Crippen LogP contribution in [-0.4, -0.2) is 24.1 Å². The molecule has 0 aliphatic heterocycles. The van der Waals surface area contributed by atoms with Gasteiger partial charge in [-0.25, -0.2) is 0 Å². The van der Waals surface area contributed by atoms with E-state index in [9.17, 15) is 4.79 Å². The first-order valence-electron chi connectivity index (χ1n) is 5.88. The fourth-order valence-electron chi connectivity index (χ4n) is 1.47. The second kappa shape index (κ2) is 7.04. The van der Waals surface area contributed by atoms with Gasteiger partial charge in [0.1, 0.15) is 0 Å². The monoisotopic (exact) mass is 236 g/mol. The average Bonchev–Trinajstić information content (AvgIpc) is 2.36. The lowest BCUT2D eigenvalue weighted by molar-refractivity contribution is -0.119. The standard InChI is InChI=1S/C13H20N2O2/c1-3-14-8-10(2)13(17)15-12-6-4-5-11(7-12)9-16/h4-7,10,14,16H,3,8-9H2,1-2H3,(H,15,17). The Labute approximate surface area is 102 Å². The Morgan fingerprint density at radius 3 is 2.88 bits per heavy atom. The highest BCUT2D eigenvalue weighted by Crippen LogP contribution is 2.11. The van der Waals surface area contributed by atoms with Gasteiger partial charge in [-0.1, -0.05) is 26.0 Å². The minimum atomic E-state index is -0.0762. The number of carbonyl (C=O) groups excluding carboxylic acids is 1. The molecule has 4 heteroatoms. The summed E-state index contributed by atoms with van der Waals surface area (Å²) in [6.07, 6.45) is 0. The molecule has 1 rings (SSSR count). The van der Waals surface area contributed by atoms with Crippen molar-refractivity contribution in [1.29, 1.82) is 0 Å². The van der Waals surface area contributed by atoms with Crippen LogP contribution in [0.4, 0.5) is 5.69 Å². The van der Waals surface area contributed by atoms with Gasteiger partial charge in [-0.15, -0.1) is 0 Å². The summed E-state index contributed by atoms with van der Waals surface area (Å²) >= 11 is 0. The van der Waals surface area contributed by atoms with Crippen molar-refractivity contribution in [1.82, 2.24) is 5.32 Å². The molecule has 0 aromatic heterocycles. The lowest BCUT2D eigenvalue weighted by atomic mass is 10.1. The van der Waals surface area contributed by atoms with E-state index in [2.05, 4.69) is 10.6 Å². The van der Waals surface area contributed by atoms with Crippen molar-refractivity contribution in [3.05, 3.63) is 29.8 Å². The molecule has 17 heavy (non-hydrogen) atoms. The van der Waals surface area contributed by atoms with Crippen LogP contribution in [0.25, 0.3) is 0 Å². The maximum atomic E-state index is 11.8. The van der Waals surface area contributed by atoms with Gasteiger partial charge in [0, 0.05) is 18.2 Å². The van der Waals surface area contributed by atoms with E-state index in [4.69, 9.17) is 5.11 Å². The van der Waals surface area contributed by atoms with Crippen LogP contribution in [0.3, 0.4) is 0 Å². The van der Waals surface area contributed by atoms with Gasteiger partial charge in [-0.05, 0) is 24.2 Å². The molecule has 0 radical (unpaired) electrons. The van der Waals surface area contributed by atoms with Crippen LogP contribution >= 0.6 is 0 Å². The Kier molecular flexibility index (Phi) is 5.66. The van der Waals surface area contributed by atoms with Crippen LogP contribution in [0.5, 0.6) is 0 Å². The summed E-state index contributed by atoms with van der Waals surface area (Å²) in [6, 6.07) is 7.22. The second-order valence-corrected chi connectivity index (χ2v) is 4.06. The van der Waals surface area contributed by atoms with Gasteiger partial charge in [-0.2, -0.15) is 0 Å². The van der Waals surface area contributed by atoms with Crippen molar-refractivity contribution in [2.75, 3.05) is 18.4 Å². The van der Waals surface area contributed by atoms with E-state index in [1.54, 1.807) is 6.07 Å². The zero-order valence-corrected chi connectivity index (χ0v) is 10.4. The van der Waals surface area contributed by atoms with Crippen LogP contribution in [0.15, 0.2) is 24.3 Å². The molecule has 0 bridgehead atoms. The van der Waals surface area contributed by atoms with E-state index >= 15 is 0 Å². The van der Waals surface area contributed by atoms with E-state index in [0.717, 1.165) is 17.8 Å². The van der Waals surface area contributed by atoms with Gasteiger partial charge in [0.05, 0.1) is 6.61 Å². The fraction of sp³-hybridized carbons (Fsp3) is 0.462. The summed E-state index contributed by atoms with van der Waals surface area (Å²) < 4.78 is 0. The molecule has 0 fully saturated rings. The van der Waals surface area contributed by atoms with E-state index in [0.29, 0.717) is 6.54 Å². The largest absolute Gasteiger partial charge is 0.392 e. The number of rotatable bonds is 6. The number of amides is 1. The van der Waals surface area contributed by atoms with Gasteiger partial charge in [0.15, 0.2) is 0 Å². The second-order valence-electron chi connectivity index (χ2n) is 4.06. The number of hydrogen-bond acceptors (Lipinski definition) is 3. The number of nitrogens with one attached hydrogen (secondary N) is 2. The van der Waals surface area contributed by atoms with Crippen LogP contribution in [0.1, 0.15) is 19.4 Å². The molecule has 0 saturated heterocycles. The Hall–Kier alpha value is -1.39. The highest BCUT2D eigenvalue weighted by molar-refractivity contribution is 5.92. The van der Waals surface area contributed by atoms with E-state index < -0.39 is 0 Å². The molecule has 1 aromatic carbocycles. The molecule has 4 nitrogen and oxygen atoms in total. The summed E-state index contributed by atoms with van der Waals surface area (Å²) in [5.74, 6) is -0.0891. The number of aliphatic hydroxyl groups is 1. The molecule has 0 aliphatic carbocycles. The van der Waals surface area contributed by atoms with Gasteiger partial charge in [-0.3, -0.25) is 4.79 Å². The number of aliphatic hydroxyl groups excluding tert-OH is 1. The first kappa shape index (κ1) is 13.7. The lowest BCUT2D eigenvalue weighted by Gasteiger charge is -2.12. The van der Waals surface area contributed by atoms with Crippen molar-refractivity contribution in [3.8, 4) is 0 Å². The van der Waals surface area contributed by atoms with Gasteiger partial charge >= 0.3 is 0 Å². The normalized spacial score (nSPS) is 12.2. The Morgan fingerprint density at radius 2 is 2.24 bits per heavy atom. The van der Waals surface area contributed by atoms with Gasteiger partial charge in [0.25, 0.3) is 0 Å². The van der Waals surface area contributed by atoms with Gasteiger partial charge < -0.3 is 15.7 Å².